The molecule has 5 rings (SSSR count). The molecule has 146 valence electrons. The van der Waals surface area contributed by atoms with E-state index in [0.29, 0.717) is 22.3 Å². The molecule has 0 aromatic heterocycles. The SMILES string of the molecule is O=S1(=O)C[C@@H]2[C@@H](C1)N=C(SCc1cccc(Cl)c1)N2c1ccc2c(c1)OCO2. The summed E-state index contributed by atoms with van der Waals surface area (Å²) in [6.07, 6.45) is 0. The number of nitrogens with zero attached hydrogens (tertiary/aromatic N) is 2. The van der Waals surface area contributed by atoms with Crippen molar-refractivity contribution in [3.63, 3.8) is 0 Å². The molecular weight excluding hydrogens is 420 g/mol. The number of amidine groups is 1. The highest BCUT2D eigenvalue weighted by atomic mass is 35.5. The molecule has 3 aliphatic rings. The Balaban J connectivity index is 1.45. The quantitative estimate of drug-likeness (QED) is 0.735. The Hall–Kier alpha value is -1.90. The van der Waals surface area contributed by atoms with Crippen LogP contribution in [0, 0.1) is 0 Å². The molecule has 6 nitrogen and oxygen atoms in total. The van der Waals surface area contributed by atoms with Gasteiger partial charge < -0.3 is 14.4 Å². The van der Waals surface area contributed by atoms with Crippen molar-refractivity contribution in [1.29, 1.82) is 0 Å². The third-order valence-electron chi connectivity index (χ3n) is 5.00. The first kappa shape index (κ1) is 18.1. The number of fused-ring (bicyclic) bond motifs is 2. The van der Waals surface area contributed by atoms with Crippen LogP contribution < -0.4 is 14.4 Å². The zero-order valence-corrected chi connectivity index (χ0v) is 17.1. The second-order valence-electron chi connectivity index (χ2n) is 6.95. The van der Waals surface area contributed by atoms with Gasteiger partial charge in [0.1, 0.15) is 0 Å². The van der Waals surface area contributed by atoms with Crippen LogP contribution in [0.5, 0.6) is 11.5 Å². The van der Waals surface area contributed by atoms with E-state index in [-0.39, 0.29) is 30.4 Å². The van der Waals surface area contributed by atoms with Crippen molar-refractivity contribution >= 4 is 44.1 Å². The van der Waals surface area contributed by atoms with Crippen LogP contribution >= 0.6 is 23.4 Å². The van der Waals surface area contributed by atoms with Gasteiger partial charge in [-0.05, 0) is 29.8 Å². The van der Waals surface area contributed by atoms with Gasteiger partial charge in [-0.15, -0.1) is 0 Å². The molecule has 28 heavy (non-hydrogen) atoms. The lowest BCUT2D eigenvalue weighted by Crippen LogP contribution is -2.39. The molecule has 0 bridgehead atoms. The van der Waals surface area contributed by atoms with Crippen molar-refractivity contribution in [2.45, 2.75) is 17.8 Å². The number of hydrogen-bond acceptors (Lipinski definition) is 7. The van der Waals surface area contributed by atoms with Crippen LogP contribution in [-0.4, -0.2) is 44.0 Å². The maximum Gasteiger partial charge on any atom is 0.231 e. The molecule has 9 heteroatoms. The predicted octanol–water partition coefficient (Wildman–Crippen LogP) is 3.34. The van der Waals surface area contributed by atoms with Crippen LogP contribution in [0.2, 0.25) is 5.02 Å². The molecule has 2 atom stereocenters. The van der Waals surface area contributed by atoms with Crippen LogP contribution in [0.1, 0.15) is 5.56 Å². The fraction of sp³-hybridized carbons (Fsp3) is 0.316. The van der Waals surface area contributed by atoms with Gasteiger partial charge in [-0.1, -0.05) is 35.5 Å². The van der Waals surface area contributed by atoms with E-state index in [4.69, 9.17) is 26.1 Å². The standard InChI is InChI=1S/C19H17ClN2O4S2/c20-13-3-1-2-12(6-13)8-27-19-21-15-9-28(23,24)10-16(15)22(19)14-4-5-17-18(7-14)26-11-25-17/h1-7,15-16H,8-11H2/t15-,16-/m1/s1. The van der Waals surface area contributed by atoms with Crippen molar-refractivity contribution in [1.82, 2.24) is 0 Å². The molecule has 2 aromatic carbocycles. The maximum atomic E-state index is 12.2. The fourth-order valence-electron chi connectivity index (χ4n) is 3.74. The molecule has 0 aliphatic carbocycles. The summed E-state index contributed by atoms with van der Waals surface area (Å²) >= 11 is 7.68. The van der Waals surface area contributed by atoms with Gasteiger partial charge in [0, 0.05) is 22.5 Å². The van der Waals surface area contributed by atoms with Crippen molar-refractivity contribution in [3.8, 4) is 11.5 Å². The summed E-state index contributed by atoms with van der Waals surface area (Å²) in [4.78, 5) is 6.79. The molecule has 3 heterocycles. The average molecular weight is 437 g/mol. The summed E-state index contributed by atoms with van der Waals surface area (Å²) in [6, 6.07) is 13.0. The molecule has 0 unspecified atom stereocenters. The highest BCUT2D eigenvalue weighted by Crippen LogP contribution is 2.41. The Morgan fingerprint density at radius 3 is 2.86 bits per heavy atom. The number of aliphatic imine (C=N–C) groups is 1. The summed E-state index contributed by atoms with van der Waals surface area (Å²) in [6.45, 7) is 0.198. The molecule has 1 fully saturated rings. The van der Waals surface area contributed by atoms with Gasteiger partial charge in [-0.25, -0.2) is 8.42 Å². The van der Waals surface area contributed by atoms with E-state index in [9.17, 15) is 8.42 Å². The minimum Gasteiger partial charge on any atom is -0.454 e. The Morgan fingerprint density at radius 2 is 2.00 bits per heavy atom. The molecule has 0 N–H and O–H groups in total. The van der Waals surface area contributed by atoms with Gasteiger partial charge in [0.05, 0.1) is 23.6 Å². The lowest BCUT2D eigenvalue weighted by Gasteiger charge is -2.26. The van der Waals surface area contributed by atoms with E-state index in [0.717, 1.165) is 16.4 Å². The summed E-state index contributed by atoms with van der Waals surface area (Å²) in [5.74, 6) is 2.27. The number of thioether (sulfide) groups is 1. The third-order valence-corrected chi connectivity index (χ3v) is 7.97. The molecule has 3 aliphatic heterocycles. The Bertz CT molecular complexity index is 1070. The van der Waals surface area contributed by atoms with Crippen LogP contribution in [0.15, 0.2) is 47.5 Å². The first-order chi connectivity index (χ1) is 13.5. The molecule has 1 saturated heterocycles. The van der Waals surface area contributed by atoms with Crippen LogP contribution in [0.3, 0.4) is 0 Å². The van der Waals surface area contributed by atoms with Gasteiger partial charge in [0.25, 0.3) is 0 Å². The third kappa shape index (κ3) is 3.33. The normalized spacial score (nSPS) is 24.3. The van der Waals surface area contributed by atoms with E-state index in [1.54, 1.807) is 11.8 Å². The molecule has 0 saturated carbocycles. The summed E-state index contributed by atoms with van der Waals surface area (Å²) in [7, 11) is -3.09. The molecule has 0 radical (unpaired) electrons. The monoisotopic (exact) mass is 436 g/mol. The number of anilines is 1. The Labute approximate surface area is 172 Å². The maximum absolute atomic E-state index is 12.2. The van der Waals surface area contributed by atoms with Crippen LogP contribution in [0.25, 0.3) is 0 Å². The number of halogens is 1. The minimum atomic E-state index is -3.09. The zero-order chi connectivity index (χ0) is 19.3. The molecule has 0 spiro atoms. The van der Waals surface area contributed by atoms with Gasteiger partial charge in [-0.3, -0.25) is 4.99 Å². The first-order valence-electron chi connectivity index (χ1n) is 8.83. The first-order valence-corrected chi connectivity index (χ1v) is 12.0. The molecular formula is C19H17ClN2O4S2. The number of hydrogen-bond donors (Lipinski definition) is 0. The second-order valence-corrected chi connectivity index (χ2v) is 10.5. The predicted molar refractivity (Wildman–Crippen MR) is 111 cm³/mol. The van der Waals surface area contributed by atoms with Crippen LogP contribution in [-0.2, 0) is 15.6 Å². The number of ether oxygens (including phenoxy) is 2. The zero-order valence-electron chi connectivity index (χ0n) is 14.7. The Kier molecular flexibility index (Phi) is 4.45. The number of sulfone groups is 1. The van der Waals surface area contributed by atoms with Gasteiger partial charge in [-0.2, -0.15) is 0 Å². The van der Waals surface area contributed by atoms with E-state index < -0.39 is 9.84 Å². The van der Waals surface area contributed by atoms with Gasteiger partial charge >= 0.3 is 0 Å². The number of rotatable bonds is 3. The van der Waals surface area contributed by atoms with Crippen molar-refractivity contribution < 1.29 is 17.9 Å². The van der Waals surface area contributed by atoms with Gasteiger partial charge in [0.15, 0.2) is 26.5 Å². The van der Waals surface area contributed by atoms with Crippen molar-refractivity contribution in [2.24, 2.45) is 4.99 Å². The summed E-state index contributed by atoms with van der Waals surface area (Å²) < 4.78 is 35.2. The summed E-state index contributed by atoms with van der Waals surface area (Å²) in [5.41, 5.74) is 1.96. The van der Waals surface area contributed by atoms with Crippen LogP contribution in [0.4, 0.5) is 5.69 Å². The fourth-order valence-corrected chi connectivity index (χ4v) is 6.87. The largest absolute Gasteiger partial charge is 0.454 e. The average Bonchev–Trinajstić information content (AvgIpc) is 3.31. The van der Waals surface area contributed by atoms with Gasteiger partial charge in [0.2, 0.25) is 6.79 Å². The molecule has 0 amide bonds. The lowest BCUT2D eigenvalue weighted by atomic mass is 10.1. The smallest absolute Gasteiger partial charge is 0.231 e. The van der Waals surface area contributed by atoms with E-state index in [1.165, 1.54) is 0 Å². The van der Waals surface area contributed by atoms with E-state index in [1.807, 2.05) is 47.4 Å². The molecule has 2 aromatic rings. The second kappa shape index (κ2) is 6.86. The Morgan fingerprint density at radius 1 is 1.14 bits per heavy atom. The number of benzene rings is 2. The van der Waals surface area contributed by atoms with Crippen molar-refractivity contribution in [2.75, 3.05) is 23.2 Å². The summed E-state index contributed by atoms with van der Waals surface area (Å²) in [5, 5.41) is 1.52. The highest BCUT2D eigenvalue weighted by Gasteiger charge is 2.47. The minimum absolute atomic E-state index is 0.0972. The van der Waals surface area contributed by atoms with E-state index >= 15 is 0 Å². The van der Waals surface area contributed by atoms with Crippen molar-refractivity contribution in [3.05, 3.63) is 53.1 Å². The lowest BCUT2D eigenvalue weighted by molar-refractivity contribution is 0.174. The van der Waals surface area contributed by atoms with E-state index in [2.05, 4.69) is 0 Å². The highest BCUT2D eigenvalue weighted by molar-refractivity contribution is 8.13. The topological polar surface area (TPSA) is 68.2 Å².